The maximum Gasteiger partial charge on any atom is 0.0528 e. The Morgan fingerprint density at radius 1 is 1.36 bits per heavy atom. The molecule has 1 rings (SSSR count). The van der Waals surface area contributed by atoms with Gasteiger partial charge in [0.25, 0.3) is 0 Å². The summed E-state index contributed by atoms with van der Waals surface area (Å²) in [6.07, 6.45) is 0.556. The molecule has 0 saturated heterocycles. The third-order valence-electron chi connectivity index (χ3n) is 2.27. The minimum atomic E-state index is -0.229. The standard InChI is InChI=1S/C12H19NO/c1-9-4-5-10(2)12(8-9)13-7-6-11(3)14/h4-5,8,11,13-14H,6-7H2,1-3H3. The van der Waals surface area contributed by atoms with Gasteiger partial charge in [-0.25, -0.2) is 0 Å². The van der Waals surface area contributed by atoms with Crippen molar-refractivity contribution in [3.05, 3.63) is 29.3 Å². The molecule has 0 aliphatic rings. The lowest BCUT2D eigenvalue weighted by atomic mass is 10.1. The summed E-state index contributed by atoms with van der Waals surface area (Å²) in [5.74, 6) is 0. The fourth-order valence-electron chi connectivity index (χ4n) is 1.34. The van der Waals surface area contributed by atoms with Crippen LogP contribution in [0, 0.1) is 13.8 Å². The lowest BCUT2D eigenvalue weighted by Crippen LogP contribution is -2.10. The van der Waals surface area contributed by atoms with Gasteiger partial charge in [0.1, 0.15) is 0 Å². The van der Waals surface area contributed by atoms with E-state index in [1.165, 1.54) is 16.8 Å². The summed E-state index contributed by atoms with van der Waals surface area (Å²) in [4.78, 5) is 0. The number of benzene rings is 1. The first-order valence-corrected chi connectivity index (χ1v) is 5.09. The summed E-state index contributed by atoms with van der Waals surface area (Å²) < 4.78 is 0. The van der Waals surface area contributed by atoms with E-state index < -0.39 is 0 Å². The largest absolute Gasteiger partial charge is 0.393 e. The lowest BCUT2D eigenvalue weighted by Gasteiger charge is -2.11. The number of hydrogen-bond donors (Lipinski definition) is 2. The van der Waals surface area contributed by atoms with Gasteiger partial charge in [-0.2, -0.15) is 0 Å². The first-order chi connectivity index (χ1) is 6.59. The van der Waals surface area contributed by atoms with Crippen LogP contribution in [0.3, 0.4) is 0 Å². The molecule has 2 heteroatoms. The minimum Gasteiger partial charge on any atom is -0.393 e. The van der Waals surface area contributed by atoms with Crippen molar-refractivity contribution in [2.75, 3.05) is 11.9 Å². The van der Waals surface area contributed by atoms with Crippen molar-refractivity contribution in [3.63, 3.8) is 0 Å². The lowest BCUT2D eigenvalue weighted by molar-refractivity contribution is 0.189. The molecule has 0 aliphatic heterocycles. The van der Waals surface area contributed by atoms with Crippen molar-refractivity contribution in [2.45, 2.75) is 33.3 Å². The van der Waals surface area contributed by atoms with Crippen molar-refractivity contribution >= 4 is 5.69 Å². The van der Waals surface area contributed by atoms with Crippen LogP contribution < -0.4 is 5.32 Å². The van der Waals surface area contributed by atoms with Crippen molar-refractivity contribution in [1.29, 1.82) is 0 Å². The van der Waals surface area contributed by atoms with E-state index in [-0.39, 0.29) is 6.10 Å². The van der Waals surface area contributed by atoms with Gasteiger partial charge in [0.15, 0.2) is 0 Å². The fraction of sp³-hybridized carbons (Fsp3) is 0.500. The highest BCUT2D eigenvalue weighted by Gasteiger charge is 1.99. The van der Waals surface area contributed by atoms with Crippen molar-refractivity contribution in [2.24, 2.45) is 0 Å². The van der Waals surface area contributed by atoms with E-state index in [0.717, 1.165) is 13.0 Å². The average Bonchev–Trinajstić information content (AvgIpc) is 2.10. The predicted octanol–water partition coefficient (Wildman–Crippen LogP) is 2.49. The van der Waals surface area contributed by atoms with Crippen molar-refractivity contribution < 1.29 is 5.11 Å². The number of aliphatic hydroxyl groups is 1. The molecule has 0 amide bonds. The molecule has 0 aliphatic carbocycles. The Labute approximate surface area is 86.0 Å². The second-order valence-corrected chi connectivity index (χ2v) is 3.88. The van der Waals surface area contributed by atoms with E-state index in [2.05, 4.69) is 37.4 Å². The van der Waals surface area contributed by atoms with Gasteiger partial charge in [0.2, 0.25) is 0 Å². The Kier molecular flexibility index (Phi) is 3.96. The van der Waals surface area contributed by atoms with Gasteiger partial charge >= 0.3 is 0 Å². The molecule has 1 unspecified atom stereocenters. The molecule has 1 aromatic carbocycles. The van der Waals surface area contributed by atoms with Crippen LogP contribution in [0.1, 0.15) is 24.5 Å². The number of nitrogens with one attached hydrogen (secondary N) is 1. The Morgan fingerprint density at radius 3 is 2.71 bits per heavy atom. The SMILES string of the molecule is Cc1ccc(C)c(NCCC(C)O)c1. The van der Waals surface area contributed by atoms with Crippen LogP contribution in [0.2, 0.25) is 0 Å². The molecule has 0 spiro atoms. The first kappa shape index (κ1) is 11.1. The van der Waals surface area contributed by atoms with Gasteiger partial charge in [0.05, 0.1) is 6.10 Å². The van der Waals surface area contributed by atoms with Crippen LogP contribution in [0.15, 0.2) is 18.2 Å². The average molecular weight is 193 g/mol. The van der Waals surface area contributed by atoms with E-state index in [0.29, 0.717) is 0 Å². The van der Waals surface area contributed by atoms with Crippen LogP contribution >= 0.6 is 0 Å². The molecule has 2 nitrogen and oxygen atoms in total. The minimum absolute atomic E-state index is 0.229. The first-order valence-electron chi connectivity index (χ1n) is 5.09. The van der Waals surface area contributed by atoms with E-state index in [1.807, 2.05) is 6.92 Å². The van der Waals surface area contributed by atoms with E-state index in [1.54, 1.807) is 0 Å². The molecular weight excluding hydrogens is 174 g/mol. The van der Waals surface area contributed by atoms with Crippen LogP contribution in [-0.2, 0) is 0 Å². The van der Waals surface area contributed by atoms with Crippen molar-refractivity contribution in [1.82, 2.24) is 0 Å². The molecule has 2 N–H and O–H groups in total. The van der Waals surface area contributed by atoms with Gasteiger partial charge in [-0.05, 0) is 44.4 Å². The number of aryl methyl sites for hydroxylation is 2. The molecule has 1 aromatic rings. The summed E-state index contributed by atoms with van der Waals surface area (Å²) in [7, 11) is 0. The Balaban J connectivity index is 2.53. The predicted molar refractivity (Wildman–Crippen MR) is 60.7 cm³/mol. The molecule has 0 heterocycles. The van der Waals surface area contributed by atoms with Gasteiger partial charge in [-0.1, -0.05) is 12.1 Å². The van der Waals surface area contributed by atoms with Crippen LogP contribution in [0.4, 0.5) is 5.69 Å². The van der Waals surface area contributed by atoms with Gasteiger partial charge in [-0.15, -0.1) is 0 Å². The highest BCUT2D eigenvalue weighted by atomic mass is 16.3. The zero-order valence-corrected chi connectivity index (χ0v) is 9.17. The molecule has 0 radical (unpaired) electrons. The molecule has 1 atom stereocenters. The second kappa shape index (κ2) is 5.01. The topological polar surface area (TPSA) is 32.3 Å². The summed E-state index contributed by atoms with van der Waals surface area (Å²) in [6, 6.07) is 6.35. The zero-order valence-electron chi connectivity index (χ0n) is 9.17. The van der Waals surface area contributed by atoms with Crippen LogP contribution in [-0.4, -0.2) is 17.8 Å². The summed E-state index contributed by atoms with van der Waals surface area (Å²) in [6.45, 7) is 6.80. The van der Waals surface area contributed by atoms with Crippen molar-refractivity contribution in [3.8, 4) is 0 Å². The normalized spacial score (nSPS) is 12.6. The zero-order chi connectivity index (χ0) is 10.6. The highest BCUT2D eigenvalue weighted by Crippen LogP contribution is 2.16. The molecule has 78 valence electrons. The molecule has 14 heavy (non-hydrogen) atoms. The summed E-state index contributed by atoms with van der Waals surface area (Å²) in [5.41, 5.74) is 3.68. The molecule has 0 aromatic heterocycles. The highest BCUT2D eigenvalue weighted by molar-refractivity contribution is 5.52. The number of aliphatic hydroxyl groups excluding tert-OH is 1. The number of anilines is 1. The molecular formula is C12H19NO. The fourth-order valence-corrected chi connectivity index (χ4v) is 1.34. The smallest absolute Gasteiger partial charge is 0.0528 e. The monoisotopic (exact) mass is 193 g/mol. The quantitative estimate of drug-likeness (QED) is 0.770. The van der Waals surface area contributed by atoms with Crippen LogP contribution in [0.5, 0.6) is 0 Å². The Morgan fingerprint density at radius 2 is 2.07 bits per heavy atom. The number of rotatable bonds is 4. The Bertz CT molecular complexity index is 294. The van der Waals surface area contributed by atoms with Crippen LogP contribution in [0.25, 0.3) is 0 Å². The van der Waals surface area contributed by atoms with Gasteiger partial charge in [-0.3, -0.25) is 0 Å². The maximum absolute atomic E-state index is 9.11. The molecule has 0 bridgehead atoms. The van der Waals surface area contributed by atoms with E-state index in [4.69, 9.17) is 5.11 Å². The van der Waals surface area contributed by atoms with Gasteiger partial charge in [0, 0.05) is 12.2 Å². The summed E-state index contributed by atoms with van der Waals surface area (Å²) in [5, 5.41) is 12.4. The maximum atomic E-state index is 9.11. The molecule has 0 saturated carbocycles. The number of hydrogen-bond acceptors (Lipinski definition) is 2. The van der Waals surface area contributed by atoms with E-state index >= 15 is 0 Å². The third-order valence-corrected chi connectivity index (χ3v) is 2.27. The third kappa shape index (κ3) is 3.38. The van der Waals surface area contributed by atoms with Gasteiger partial charge < -0.3 is 10.4 Å². The second-order valence-electron chi connectivity index (χ2n) is 3.88. The Hall–Kier alpha value is -1.02. The van der Waals surface area contributed by atoms with E-state index in [9.17, 15) is 0 Å². The molecule has 0 fully saturated rings. The summed E-state index contributed by atoms with van der Waals surface area (Å²) >= 11 is 0.